The van der Waals surface area contributed by atoms with E-state index in [9.17, 15) is 4.79 Å². The molecule has 1 aromatic heterocycles. The fraction of sp³-hybridized carbons (Fsp3) is 0.286. The van der Waals surface area contributed by atoms with Gasteiger partial charge in [0.15, 0.2) is 0 Å². The van der Waals surface area contributed by atoms with E-state index in [4.69, 9.17) is 0 Å². The number of nitrogens with one attached hydrogen (secondary N) is 1. The van der Waals surface area contributed by atoms with E-state index in [2.05, 4.69) is 26.3 Å². The number of amides is 1. The second kappa shape index (κ2) is 5.57. The second-order valence-electron chi connectivity index (χ2n) is 4.49. The first-order chi connectivity index (χ1) is 8.99. The van der Waals surface area contributed by atoms with E-state index in [-0.39, 0.29) is 5.91 Å². The summed E-state index contributed by atoms with van der Waals surface area (Å²) in [6, 6.07) is 5.64. The van der Waals surface area contributed by atoms with E-state index < -0.39 is 0 Å². The Morgan fingerprint density at radius 1 is 1.42 bits per heavy atom. The highest BCUT2D eigenvalue weighted by Crippen LogP contribution is 2.18. The van der Waals surface area contributed by atoms with Crippen molar-refractivity contribution in [1.29, 1.82) is 0 Å². The third kappa shape index (κ3) is 3.23. The third-order valence-electron chi connectivity index (χ3n) is 2.79. The Morgan fingerprint density at radius 2 is 2.16 bits per heavy atom. The number of nitrogens with zero attached hydrogens (tertiary/aromatic N) is 2. The molecule has 0 aliphatic rings. The van der Waals surface area contributed by atoms with Crippen LogP contribution in [0.5, 0.6) is 0 Å². The summed E-state index contributed by atoms with van der Waals surface area (Å²) in [5, 5.41) is 7.21. The van der Waals surface area contributed by atoms with Crippen molar-refractivity contribution in [2.24, 2.45) is 7.05 Å². The molecule has 5 heteroatoms. The van der Waals surface area contributed by atoms with Crippen LogP contribution in [-0.4, -0.2) is 15.7 Å². The number of benzene rings is 1. The first-order valence-electron chi connectivity index (χ1n) is 6.10. The number of hydrogen-bond donors (Lipinski definition) is 1. The maximum Gasteiger partial charge on any atom is 0.255 e. The number of carbonyl (C=O) groups excluding carboxylic acids is 1. The maximum atomic E-state index is 12.2. The van der Waals surface area contributed by atoms with E-state index in [1.54, 1.807) is 4.68 Å². The van der Waals surface area contributed by atoms with Crippen LogP contribution in [0.15, 0.2) is 28.9 Å². The smallest absolute Gasteiger partial charge is 0.255 e. The molecule has 0 atom stereocenters. The Morgan fingerprint density at radius 3 is 2.79 bits per heavy atom. The molecule has 0 saturated carbocycles. The number of aryl methyl sites for hydroxylation is 3. The molecule has 19 heavy (non-hydrogen) atoms. The quantitative estimate of drug-likeness (QED) is 0.942. The van der Waals surface area contributed by atoms with E-state index in [1.165, 1.54) is 0 Å². The lowest BCUT2D eigenvalue weighted by Gasteiger charge is -2.06. The number of hydrogen-bond acceptors (Lipinski definition) is 2. The van der Waals surface area contributed by atoms with Crippen LogP contribution in [0, 0.1) is 6.92 Å². The normalized spacial score (nSPS) is 10.5. The Kier molecular flexibility index (Phi) is 4.04. The average molecular weight is 322 g/mol. The van der Waals surface area contributed by atoms with Crippen molar-refractivity contribution in [2.75, 3.05) is 5.32 Å². The lowest BCUT2D eigenvalue weighted by atomic mass is 10.1. The summed E-state index contributed by atoms with van der Waals surface area (Å²) in [7, 11) is 1.85. The monoisotopic (exact) mass is 321 g/mol. The molecule has 1 N–H and O–H groups in total. The molecular weight excluding hydrogens is 306 g/mol. The Bertz CT molecular complexity index is 599. The lowest BCUT2D eigenvalue weighted by Crippen LogP contribution is -2.12. The van der Waals surface area contributed by atoms with Gasteiger partial charge in [0.05, 0.1) is 11.4 Å². The highest BCUT2D eigenvalue weighted by atomic mass is 79.9. The van der Waals surface area contributed by atoms with Gasteiger partial charge in [-0.05, 0) is 37.1 Å². The molecule has 2 rings (SSSR count). The molecule has 0 unspecified atom stereocenters. The number of rotatable bonds is 3. The molecule has 4 nitrogen and oxygen atoms in total. The van der Waals surface area contributed by atoms with Gasteiger partial charge in [-0.2, -0.15) is 5.10 Å². The van der Waals surface area contributed by atoms with Crippen LogP contribution in [0.4, 0.5) is 5.69 Å². The molecule has 0 saturated heterocycles. The standard InChI is InChI=1S/C14H16BrN3O/c1-4-12-13(8-18(3)17-12)16-14(19)10-5-9(2)6-11(15)7-10/h5-8H,4H2,1-3H3,(H,16,19). The molecule has 2 aromatic rings. The summed E-state index contributed by atoms with van der Waals surface area (Å²) in [5.41, 5.74) is 3.34. The molecule has 1 amide bonds. The van der Waals surface area contributed by atoms with Crippen LogP contribution >= 0.6 is 15.9 Å². The van der Waals surface area contributed by atoms with Gasteiger partial charge in [0.2, 0.25) is 0 Å². The first kappa shape index (κ1) is 13.8. The maximum absolute atomic E-state index is 12.2. The number of carbonyl (C=O) groups is 1. The largest absolute Gasteiger partial charge is 0.319 e. The van der Waals surface area contributed by atoms with Crippen molar-refractivity contribution in [3.05, 3.63) is 45.7 Å². The van der Waals surface area contributed by atoms with Crippen LogP contribution in [0.1, 0.15) is 28.5 Å². The van der Waals surface area contributed by atoms with E-state index in [0.29, 0.717) is 5.56 Å². The summed E-state index contributed by atoms with van der Waals surface area (Å²) in [4.78, 5) is 12.2. The van der Waals surface area contributed by atoms with Gasteiger partial charge in [-0.25, -0.2) is 0 Å². The topological polar surface area (TPSA) is 46.9 Å². The van der Waals surface area contributed by atoms with Crippen LogP contribution in [0.3, 0.4) is 0 Å². The van der Waals surface area contributed by atoms with Crippen LogP contribution < -0.4 is 5.32 Å². The summed E-state index contributed by atoms with van der Waals surface area (Å²) in [5.74, 6) is -0.118. The molecule has 0 radical (unpaired) electrons. The first-order valence-corrected chi connectivity index (χ1v) is 6.90. The molecule has 0 spiro atoms. The van der Waals surface area contributed by atoms with Crippen LogP contribution in [-0.2, 0) is 13.5 Å². The van der Waals surface area contributed by atoms with Crippen molar-refractivity contribution >= 4 is 27.5 Å². The summed E-state index contributed by atoms with van der Waals surface area (Å²) in [6.45, 7) is 3.98. The van der Waals surface area contributed by atoms with Gasteiger partial charge in [0.25, 0.3) is 5.91 Å². The zero-order chi connectivity index (χ0) is 14.0. The van der Waals surface area contributed by atoms with Gasteiger partial charge < -0.3 is 5.32 Å². The van der Waals surface area contributed by atoms with Crippen molar-refractivity contribution < 1.29 is 4.79 Å². The number of halogens is 1. The number of anilines is 1. The third-order valence-corrected chi connectivity index (χ3v) is 3.25. The lowest BCUT2D eigenvalue weighted by molar-refractivity contribution is 0.102. The fourth-order valence-corrected chi connectivity index (χ4v) is 2.57. The molecule has 0 aliphatic carbocycles. The van der Waals surface area contributed by atoms with Crippen LogP contribution in [0.2, 0.25) is 0 Å². The van der Waals surface area contributed by atoms with Crippen molar-refractivity contribution in [1.82, 2.24) is 9.78 Å². The Balaban J connectivity index is 2.25. The van der Waals surface area contributed by atoms with Gasteiger partial charge in [-0.1, -0.05) is 22.9 Å². The molecule has 1 aromatic carbocycles. The van der Waals surface area contributed by atoms with Crippen LogP contribution in [0.25, 0.3) is 0 Å². The summed E-state index contributed by atoms with van der Waals surface area (Å²) >= 11 is 3.40. The highest BCUT2D eigenvalue weighted by Gasteiger charge is 2.12. The summed E-state index contributed by atoms with van der Waals surface area (Å²) < 4.78 is 2.61. The molecule has 0 fully saturated rings. The molecular formula is C14H16BrN3O. The molecule has 0 bridgehead atoms. The zero-order valence-electron chi connectivity index (χ0n) is 11.2. The van der Waals surface area contributed by atoms with Gasteiger partial charge >= 0.3 is 0 Å². The predicted octanol–water partition coefficient (Wildman–Crippen LogP) is 3.31. The number of aromatic nitrogens is 2. The van der Waals surface area contributed by atoms with E-state index >= 15 is 0 Å². The minimum absolute atomic E-state index is 0.118. The predicted molar refractivity (Wildman–Crippen MR) is 79.4 cm³/mol. The summed E-state index contributed by atoms with van der Waals surface area (Å²) in [6.07, 6.45) is 2.61. The minimum atomic E-state index is -0.118. The zero-order valence-corrected chi connectivity index (χ0v) is 12.8. The Labute approximate surface area is 120 Å². The van der Waals surface area contributed by atoms with Gasteiger partial charge in [-0.15, -0.1) is 0 Å². The second-order valence-corrected chi connectivity index (χ2v) is 5.40. The van der Waals surface area contributed by atoms with Gasteiger partial charge in [0, 0.05) is 23.3 Å². The average Bonchev–Trinajstić information content (AvgIpc) is 2.68. The molecule has 0 aliphatic heterocycles. The molecule has 100 valence electrons. The highest BCUT2D eigenvalue weighted by molar-refractivity contribution is 9.10. The van der Waals surface area contributed by atoms with Gasteiger partial charge in [-0.3, -0.25) is 9.48 Å². The fourth-order valence-electron chi connectivity index (χ4n) is 1.96. The van der Waals surface area contributed by atoms with Crippen molar-refractivity contribution in [2.45, 2.75) is 20.3 Å². The molecule has 1 heterocycles. The van der Waals surface area contributed by atoms with Gasteiger partial charge in [0.1, 0.15) is 0 Å². The van der Waals surface area contributed by atoms with Crippen molar-refractivity contribution in [3.8, 4) is 0 Å². The SMILES string of the molecule is CCc1nn(C)cc1NC(=O)c1cc(C)cc(Br)c1. The Hall–Kier alpha value is -1.62. The van der Waals surface area contributed by atoms with Crippen molar-refractivity contribution in [3.63, 3.8) is 0 Å². The minimum Gasteiger partial charge on any atom is -0.319 e. The van der Waals surface area contributed by atoms with E-state index in [0.717, 1.165) is 27.8 Å². The van der Waals surface area contributed by atoms with E-state index in [1.807, 2.05) is 45.3 Å².